The fraction of sp³-hybridized carbons (Fsp3) is 0.467. The van der Waals surface area contributed by atoms with Crippen LogP contribution in [0.3, 0.4) is 0 Å². The van der Waals surface area contributed by atoms with Crippen LogP contribution in [0, 0.1) is 17.8 Å². The molecule has 2 N–H and O–H groups in total. The second-order valence-electron chi connectivity index (χ2n) is 14.6. The molecule has 0 saturated heterocycles. The molecule has 1 heterocycles. The van der Waals surface area contributed by atoms with Crippen molar-refractivity contribution in [3.8, 4) is 11.5 Å². The van der Waals surface area contributed by atoms with Gasteiger partial charge in [-0.2, -0.15) is 0 Å². The molecule has 0 aromatic heterocycles. The van der Waals surface area contributed by atoms with Gasteiger partial charge in [0.15, 0.2) is 0 Å². The Kier molecular flexibility index (Phi) is 14.9. The van der Waals surface area contributed by atoms with Gasteiger partial charge in [-0.05, 0) is 79.0 Å². The fourth-order valence-corrected chi connectivity index (χ4v) is 9.46. The summed E-state index contributed by atoms with van der Waals surface area (Å²) in [5, 5.41) is 24.2. The van der Waals surface area contributed by atoms with E-state index in [1.165, 1.54) is 4.90 Å². The van der Waals surface area contributed by atoms with Crippen LogP contribution in [0.15, 0.2) is 113 Å². The van der Waals surface area contributed by atoms with Crippen LogP contribution in [0.1, 0.15) is 62.0 Å². The minimum atomic E-state index is -1.34. The second-order valence-corrected chi connectivity index (χ2v) is 15.8. The molecule has 1 saturated carbocycles. The third-order valence-electron chi connectivity index (χ3n) is 11.2. The molecule has 3 aliphatic rings. The van der Waals surface area contributed by atoms with Crippen LogP contribution in [-0.2, 0) is 20.9 Å². The number of rotatable bonds is 20. The highest BCUT2D eigenvalue weighted by Crippen LogP contribution is 2.61. The van der Waals surface area contributed by atoms with E-state index in [4.69, 9.17) is 23.8 Å². The molecule has 0 bridgehead atoms. The van der Waals surface area contributed by atoms with Gasteiger partial charge in [-0.1, -0.05) is 78.7 Å². The van der Waals surface area contributed by atoms with Crippen molar-refractivity contribution in [2.24, 2.45) is 22.9 Å². The first-order chi connectivity index (χ1) is 27.4. The molecule has 300 valence electrons. The van der Waals surface area contributed by atoms with Gasteiger partial charge in [0.2, 0.25) is 5.79 Å². The van der Waals surface area contributed by atoms with Crippen LogP contribution in [0.2, 0.25) is 0 Å². The molecule has 3 aromatic rings. The number of aliphatic hydroxyl groups excluding tert-OH is 2. The molecule has 1 fully saturated rings. The molecule has 2 aliphatic carbocycles. The smallest absolute Gasteiger partial charge is 0.410 e. The number of oxime groups is 1. The van der Waals surface area contributed by atoms with E-state index in [1.807, 2.05) is 60.7 Å². The first kappa shape index (κ1) is 41.3. The minimum absolute atomic E-state index is 0.116. The predicted molar refractivity (Wildman–Crippen MR) is 219 cm³/mol. The van der Waals surface area contributed by atoms with Crippen molar-refractivity contribution in [1.82, 2.24) is 4.90 Å². The number of allylic oxidation sites excluding steroid dienone is 1. The van der Waals surface area contributed by atoms with E-state index in [1.54, 1.807) is 36.9 Å². The maximum atomic E-state index is 14.0. The third kappa shape index (κ3) is 9.45. The lowest BCUT2D eigenvalue weighted by Crippen LogP contribution is -2.69. The summed E-state index contributed by atoms with van der Waals surface area (Å²) >= 11 is 1.75. The Hall–Kier alpha value is -4.29. The van der Waals surface area contributed by atoms with E-state index in [0.29, 0.717) is 31.6 Å². The zero-order valence-electron chi connectivity index (χ0n) is 32.6. The maximum absolute atomic E-state index is 14.0. The van der Waals surface area contributed by atoms with Crippen molar-refractivity contribution in [2.75, 3.05) is 46.3 Å². The highest BCUT2D eigenvalue weighted by molar-refractivity contribution is 7.99. The molecule has 0 spiro atoms. The summed E-state index contributed by atoms with van der Waals surface area (Å²) in [6.07, 6.45) is 8.63. The quantitative estimate of drug-likeness (QED) is 0.0504. The Morgan fingerprint density at radius 1 is 1.02 bits per heavy atom. The Labute approximate surface area is 335 Å². The molecule has 10 nitrogen and oxygen atoms in total. The van der Waals surface area contributed by atoms with Gasteiger partial charge in [0.25, 0.3) is 0 Å². The monoisotopic (exact) mass is 784 g/mol. The molecule has 0 radical (unpaired) electrons. The molecular formula is C45H56N2O8S. The highest BCUT2D eigenvalue weighted by Gasteiger charge is 2.65. The second kappa shape index (κ2) is 20.2. The average molecular weight is 785 g/mol. The summed E-state index contributed by atoms with van der Waals surface area (Å²) < 4.78 is 26.4. The van der Waals surface area contributed by atoms with E-state index in [2.05, 4.69) is 36.0 Å². The number of thioether (sulfide) groups is 1. The summed E-state index contributed by atoms with van der Waals surface area (Å²) in [5.74, 6) is 0.589. The van der Waals surface area contributed by atoms with Crippen molar-refractivity contribution in [3.05, 3.63) is 114 Å². The number of hydrogen-bond acceptors (Lipinski definition) is 10. The van der Waals surface area contributed by atoms with Crippen LogP contribution >= 0.6 is 11.8 Å². The van der Waals surface area contributed by atoms with Gasteiger partial charge in [-0.15, -0.1) is 18.3 Å². The number of likely N-dealkylation sites (N-methyl/N-ethyl adjacent to an activating group) is 1. The molecule has 1 aliphatic heterocycles. The molecular weight excluding hydrogens is 729 g/mol. The van der Waals surface area contributed by atoms with Crippen LogP contribution in [0.4, 0.5) is 4.79 Å². The number of carbonyl (C=O) groups is 1. The molecule has 6 atom stereocenters. The lowest BCUT2D eigenvalue weighted by Gasteiger charge is -2.59. The van der Waals surface area contributed by atoms with Gasteiger partial charge >= 0.3 is 6.09 Å². The highest BCUT2D eigenvalue weighted by atomic mass is 32.2. The number of ether oxygens (including phenoxy) is 4. The Bertz CT molecular complexity index is 1790. The first-order valence-corrected chi connectivity index (χ1v) is 20.8. The van der Waals surface area contributed by atoms with Gasteiger partial charge in [0.1, 0.15) is 31.3 Å². The van der Waals surface area contributed by atoms with Gasteiger partial charge in [0.05, 0.1) is 24.8 Å². The first-order valence-electron chi connectivity index (χ1n) is 19.8. The molecule has 11 heteroatoms. The Morgan fingerprint density at radius 3 is 2.46 bits per heavy atom. The molecule has 6 rings (SSSR count). The van der Waals surface area contributed by atoms with Gasteiger partial charge in [-0.3, -0.25) is 0 Å². The van der Waals surface area contributed by atoms with Gasteiger partial charge in [0, 0.05) is 48.8 Å². The summed E-state index contributed by atoms with van der Waals surface area (Å²) in [6.45, 7) is 5.06. The molecule has 3 aromatic carbocycles. The number of amides is 1. The van der Waals surface area contributed by atoms with Crippen LogP contribution in [0.5, 0.6) is 11.5 Å². The Balaban J connectivity index is 1.43. The largest absolute Gasteiger partial charge is 0.493 e. The van der Waals surface area contributed by atoms with Gasteiger partial charge < -0.3 is 38.9 Å². The number of unbranched alkanes of at least 4 members (excludes halogenated alkanes) is 2. The van der Waals surface area contributed by atoms with Gasteiger partial charge in [-0.25, -0.2) is 4.79 Å². The standard InChI is InChI=1S/C45H56N2O8S/c1-4-25-54-45-41(47(2)44(50)53-31-32-15-7-5-8-16-32)30-39(46-51-3)37-28-33(17-11-13-23-48)36(20-12-14-24-49)42(43(37)45)38-29-34(21-22-40(38)55-45)52-26-27-56-35-18-9-6-10-19-35/h4-10,15-16,18-19,21-22,28-29,33,36,41-43,48-49H,1,11-14,17,20,23-27,30-31H2,2-3H3/t33-,36+,41-,42+,43+,45+/m0/s1. The average Bonchev–Trinajstić information content (AvgIpc) is 3.23. The van der Waals surface area contributed by atoms with Crippen LogP contribution < -0.4 is 9.47 Å². The van der Waals surface area contributed by atoms with Crippen molar-refractivity contribution in [3.63, 3.8) is 0 Å². The maximum Gasteiger partial charge on any atom is 0.410 e. The van der Waals surface area contributed by atoms with Crippen molar-refractivity contribution >= 4 is 23.6 Å². The third-order valence-corrected chi connectivity index (χ3v) is 12.1. The summed E-state index contributed by atoms with van der Waals surface area (Å²) in [6, 6.07) is 25.3. The van der Waals surface area contributed by atoms with E-state index >= 15 is 0 Å². The summed E-state index contributed by atoms with van der Waals surface area (Å²) in [7, 11) is 3.27. The topological polar surface area (TPSA) is 119 Å². The number of fused-ring (bicyclic) bond motifs is 2. The number of nitrogens with zero attached hydrogens (tertiary/aromatic N) is 2. The van der Waals surface area contributed by atoms with E-state index in [-0.39, 0.29) is 44.2 Å². The van der Waals surface area contributed by atoms with Crippen molar-refractivity contribution in [1.29, 1.82) is 0 Å². The molecule has 1 amide bonds. The SMILES string of the molecule is C=CCO[C@@]12Oc3ccc(OCCSc4ccccc4)cc3[C@H]3[C@H](CCCCO)[C@@H](CCCCO)C=C(C(=NOC)C[C@@H]1N(C)C(=O)OCc1ccccc1)[C@H]32. The normalized spacial score (nSPS) is 24.2. The molecule has 56 heavy (non-hydrogen) atoms. The lowest BCUT2D eigenvalue weighted by molar-refractivity contribution is -0.253. The number of benzene rings is 3. The number of aliphatic hydroxyl groups is 2. The van der Waals surface area contributed by atoms with E-state index in [9.17, 15) is 15.0 Å². The van der Waals surface area contributed by atoms with Crippen molar-refractivity contribution in [2.45, 2.75) is 74.2 Å². The Morgan fingerprint density at radius 2 is 1.75 bits per heavy atom. The van der Waals surface area contributed by atoms with Crippen molar-refractivity contribution < 1.29 is 38.8 Å². The van der Waals surface area contributed by atoms with Crippen LogP contribution in [0.25, 0.3) is 0 Å². The summed E-state index contributed by atoms with van der Waals surface area (Å²) in [4.78, 5) is 22.3. The minimum Gasteiger partial charge on any atom is -0.493 e. The predicted octanol–water partition coefficient (Wildman–Crippen LogP) is 8.39. The lowest BCUT2D eigenvalue weighted by atomic mass is 9.55. The zero-order chi connectivity index (χ0) is 39.3. The molecule has 0 unspecified atom stereocenters. The van der Waals surface area contributed by atoms with Crippen LogP contribution in [-0.4, -0.2) is 85.1 Å². The zero-order valence-corrected chi connectivity index (χ0v) is 33.4. The fourth-order valence-electron chi connectivity index (χ4n) is 8.71. The number of hydrogen-bond donors (Lipinski definition) is 2. The number of carbonyl (C=O) groups excluding carboxylic acids is 1. The van der Waals surface area contributed by atoms with E-state index < -0.39 is 23.8 Å². The van der Waals surface area contributed by atoms with E-state index in [0.717, 1.165) is 59.6 Å². The summed E-state index contributed by atoms with van der Waals surface area (Å²) in [5.41, 5.74) is 3.60.